The first-order chi connectivity index (χ1) is 15.7. The molecule has 6 heteroatoms. The van der Waals surface area contributed by atoms with E-state index in [2.05, 4.69) is 50.5 Å². The van der Waals surface area contributed by atoms with E-state index in [4.69, 9.17) is 4.74 Å². The first-order valence-corrected chi connectivity index (χ1v) is 11.9. The van der Waals surface area contributed by atoms with Crippen LogP contribution in [-0.4, -0.2) is 48.2 Å². The normalized spacial score (nSPS) is 15.7. The maximum absolute atomic E-state index is 13.7. The fraction of sp³-hybridized carbons (Fsp3) is 0.269. The molecule has 2 aromatic heterocycles. The van der Waals surface area contributed by atoms with Crippen molar-refractivity contribution in [3.05, 3.63) is 82.6 Å². The van der Waals surface area contributed by atoms with Crippen LogP contribution in [0.25, 0.3) is 22.2 Å². The van der Waals surface area contributed by atoms with Gasteiger partial charge in [0, 0.05) is 42.5 Å². The van der Waals surface area contributed by atoms with Gasteiger partial charge in [-0.05, 0) is 23.1 Å². The van der Waals surface area contributed by atoms with Gasteiger partial charge in [-0.2, -0.15) is 0 Å². The third-order valence-electron chi connectivity index (χ3n) is 6.20. The van der Waals surface area contributed by atoms with E-state index in [1.165, 1.54) is 4.88 Å². The summed E-state index contributed by atoms with van der Waals surface area (Å²) in [6.07, 6.45) is 0. The number of fused-ring (bicyclic) bond motifs is 1. The molecule has 164 valence electrons. The predicted molar refractivity (Wildman–Crippen MR) is 130 cm³/mol. The molecule has 3 heterocycles. The van der Waals surface area contributed by atoms with Gasteiger partial charge in [-0.3, -0.25) is 9.69 Å². The van der Waals surface area contributed by atoms with E-state index in [0.717, 1.165) is 54.0 Å². The number of ether oxygens (including phenoxy) is 1. The quantitative estimate of drug-likeness (QED) is 0.468. The molecule has 1 atom stereocenters. The van der Waals surface area contributed by atoms with Gasteiger partial charge < -0.3 is 14.6 Å². The highest BCUT2D eigenvalue weighted by atomic mass is 32.1. The average Bonchev–Trinajstić information content (AvgIpc) is 3.47. The molecule has 1 aliphatic rings. The zero-order valence-corrected chi connectivity index (χ0v) is 19.0. The summed E-state index contributed by atoms with van der Waals surface area (Å²) in [4.78, 5) is 17.3. The molecule has 5 nitrogen and oxygen atoms in total. The summed E-state index contributed by atoms with van der Waals surface area (Å²) in [5.41, 5.74) is 3.78. The zero-order chi connectivity index (χ0) is 21.9. The summed E-state index contributed by atoms with van der Waals surface area (Å²) in [6.45, 7) is 3.79. The topological polar surface area (TPSA) is 46.5 Å². The van der Waals surface area contributed by atoms with E-state index in [1.807, 2.05) is 43.4 Å². The van der Waals surface area contributed by atoms with E-state index >= 15 is 0 Å². The summed E-state index contributed by atoms with van der Waals surface area (Å²) in [5.74, 6) is -0.0320. The van der Waals surface area contributed by atoms with Crippen LogP contribution in [0.15, 0.2) is 72.1 Å². The van der Waals surface area contributed by atoms with Gasteiger partial charge in [0.05, 0.1) is 30.5 Å². The summed E-state index contributed by atoms with van der Waals surface area (Å²) < 4.78 is 7.67. The lowest BCUT2D eigenvalue weighted by molar-refractivity contribution is 0.0169. The Hall–Kier alpha value is -2.93. The van der Waals surface area contributed by atoms with Gasteiger partial charge in [0.25, 0.3) is 5.91 Å². The highest BCUT2D eigenvalue weighted by Crippen LogP contribution is 2.33. The second-order valence-corrected chi connectivity index (χ2v) is 9.03. The number of morpholine rings is 1. The number of aromatic nitrogens is 1. The van der Waals surface area contributed by atoms with Crippen LogP contribution in [0.4, 0.5) is 0 Å². The lowest BCUT2D eigenvalue weighted by Crippen LogP contribution is -2.43. The van der Waals surface area contributed by atoms with Crippen LogP contribution in [0.1, 0.15) is 21.3 Å². The molecule has 0 unspecified atom stereocenters. The minimum absolute atomic E-state index is 0.0320. The van der Waals surface area contributed by atoms with Crippen molar-refractivity contribution < 1.29 is 9.53 Å². The molecule has 4 aromatic rings. The molecule has 5 rings (SSSR count). The molecule has 2 aromatic carbocycles. The number of nitrogens with zero attached hydrogens (tertiary/aromatic N) is 2. The molecular formula is C26H27N3O2S. The molecule has 0 bridgehead atoms. The van der Waals surface area contributed by atoms with Crippen molar-refractivity contribution in [2.45, 2.75) is 6.04 Å². The SMILES string of the molecule is Cn1c(-c2ccccc2)c(C(=O)NC[C@H](c2cccs2)N2CCOCC2)c2ccccc21. The largest absolute Gasteiger partial charge is 0.379 e. The molecule has 32 heavy (non-hydrogen) atoms. The minimum Gasteiger partial charge on any atom is -0.379 e. The van der Waals surface area contributed by atoms with Crippen molar-refractivity contribution in [2.24, 2.45) is 7.05 Å². The number of carbonyl (C=O) groups excluding carboxylic acids is 1. The number of benzene rings is 2. The maximum atomic E-state index is 13.7. The summed E-state index contributed by atoms with van der Waals surface area (Å²) in [7, 11) is 2.03. The number of nitrogens with one attached hydrogen (secondary N) is 1. The van der Waals surface area contributed by atoms with Crippen molar-refractivity contribution >= 4 is 28.1 Å². The number of thiophene rings is 1. The third-order valence-corrected chi connectivity index (χ3v) is 7.17. The van der Waals surface area contributed by atoms with Gasteiger partial charge in [-0.15, -0.1) is 11.3 Å². The Morgan fingerprint density at radius 1 is 1.03 bits per heavy atom. The third kappa shape index (κ3) is 3.97. The molecular weight excluding hydrogens is 418 g/mol. The van der Waals surface area contributed by atoms with Crippen molar-refractivity contribution in [3.63, 3.8) is 0 Å². The monoisotopic (exact) mass is 445 g/mol. The van der Waals surface area contributed by atoms with Crippen LogP contribution in [0.5, 0.6) is 0 Å². The minimum atomic E-state index is -0.0320. The van der Waals surface area contributed by atoms with Crippen LogP contribution in [0.2, 0.25) is 0 Å². The number of carbonyl (C=O) groups is 1. The molecule has 0 saturated carbocycles. The van der Waals surface area contributed by atoms with Gasteiger partial charge >= 0.3 is 0 Å². The Morgan fingerprint density at radius 3 is 2.53 bits per heavy atom. The lowest BCUT2D eigenvalue weighted by Gasteiger charge is -2.34. The van der Waals surface area contributed by atoms with Gasteiger partial charge in [0.1, 0.15) is 0 Å². The van der Waals surface area contributed by atoms with Gasteiger partial charge in [-0.25, -0.2) is 0 Å². The highest BCUT2D eigenvalue weighted by Gasteiger charge is 2.26. The Morgan fingerprint density at radius 2 is 1.78 bits per heavy atom. The van der Waals surface area contributed by atoms with Crippen molar-refractivity contribution in [1.29, 1.82) is 0 Å². The molecule has 1 saturated heterocycles. The van der Waals surface area contributed by atoms with E-state index < -0.39 is 0 Å². The number of rotatable bonds is 6. The van der Waals surface area contributed by atoms with Crippen LogP contribution in [0, 0.1) is 0 Å². The number of hydrogen-bond donors (Lipinski definition) is 1. The van der Waals surface area contributed by atoms with Crippen LogP contribution < -0.4 is 5.32 Å². The summed E-state index contributed by atoms with van der Waals surface area (Å²) >= 11 is 1.74. The molecule has 0 spiro atoms. The number of amides is 1. The molecule has 0 aliphatic carbocycles. The van der Waals surface area contributed by atoms with Crippen LogP contribution >= 0.6 is 11.3 Å². The molecule has 1 amide bonds. The second-order valence-electron chi connectivity index (χ2n) is 8.06. The van der Waals surface area contributed by atoms with Crippen LogP contribution in [-0.2, 0) is 11.8 Å². The van der Waals surface area contributed by atoms with Gasteiger partial charge in [-0.1, -0.05) is 54.6 Å². The Labute approximate surface area is 192 Å². The standard InChI is InChI=1S/C26H27N3O2S/c1-28-21-11-6-5-10-20(21)24(25(28)19-8-3-2-4-9-19)26(30)27-18-22(23-12-7-17-32-23)29-13-15-31-16-14-29/h2-12,17,22H,13-16,18H2,1H3,(H,27,30)/t22-/m1/s1. The van der Waals surface area contributed by atoms with E-state index in [9.17, 15) is 4.79 Å². The molecule has 1 fully saturated rings. The summed E-state index contributed by atoms with van der Waals surface area (Å²) in [6, 6.07) is 22.7. The van der Waals surface area contributed by atoms with Crippen molar-refractivity contribution in [3.8, 4) is 11.3 Å². The average molecular weight is 446 g/mol. The molecule has 1 N–H and O–H groups in total. The van der Waals surface area contributed by atoms with Crippen molar-refractivity contribution in [1.82, 2.24) is 14.8 Å². The fourth-order valence-electron chi connectivity index (χ4n) is 4.61. The van der Waals surface area contributed by atoms with E-state index in [1.54, 1.807) is 11.3 Å². The second kappa shape index (κ2) is 9.28. The van der Waals surface area contributed by atoms with Gasteiger partial charge in [0.15, 0.2) is 0 Å². The predicted octanol–water partition coefficient (Wildman–Crippen LogP) is 4.71. The lowest BCUT2D eigenvalue weighted by atomic mass is 10.0. The number of aryl methyl sites for hydroxylation is 1. The maximum Gasteiger partial charge on any atom is 0.254 e. The van der Waals surface area contributed by atoms with E-state index in [0.29, 0.717) is 6.54 Å². The Kier molecular flexibility index (Phi) is 6.08. The molecule has 1 aliphatic heterocycles. The summed E-state index contributed by atoms with van der Waals surface area (Å²) in [5, 5.41) is 6.35. The highest BCUT2D eigenvalue weighted by molar-refractivity contribution is 7.10. The molecule has 0 radical (unpaired) electrons. The van der Waals surface area contributed by atoms with E-state index in [-0.39, 0.29) is 11.9 Å². The smallest absolute Gasteiger partial charge is 0.254 e. The van der Waals surface area contributed by atoms with Gasteiger partial charge in [0.2, 0.25) is 0 Å². The van der Waals surface area contributed by atoms with Crippen LogP contribution in [0.3, 0.4) is 0 Å². The number of para-hydroxylation sites is 1. The van der Waals surface area contributed by atoms with Crippen molar-refractivity contribution in [2.75, 3.05) is 32.8 Å². The first kappa shape index (κ1) is 20.9. The Bertz CT molecular complexity index is 1190. The number of hydrogen-bond acceptors (Lipinski definition) is 4. The first-order valence-electron chi connectivity index (χ1n) is 11.0. The zero-order valence-electron chi connectivity index (χ0n) is 18.2. The Balaban J connectivity index is 1.48. The fourth-order valence-corrected chi connectivity index (χ4v) is 5.48.